The van der Waals surface area contributed by atoms with E-state index in [0.717, 1.165) is 21.3 Å². The van der Waals surface area contributed by atoms with Crippen LogP contribution < -0.4 is 5.32 Å². The zero-order valence-corrected chi connectivity index (χ0v) is 15.8. The Kier molecular flexibility index (Phi) is 4.62. The first-order valence-electron chi connectivity index (χ1n) is 7.83. The fourth-order valence-electron chi connectivity index (χ4n) is 2.56. The first kappa shape index (κ1) is 17.6. The van der Waals surface area contributed by atoms with Crippen molar-refractivity contribution in [1.29, 1.82) is 0 Å². The van der Waals surface area contributed by atoms with E-state index in [2.05, 4.69) is 10.3 Å². The summed E-state index contributed by atoms with van der Waals surface area (Å²) in [7, 11) is -3.48. The first-order valence-corrected chi connectivity index (χ1v) is 10.3. The van der Waals surface area contributed by atoms with Gasteiger partial charge in [0.2, 0.25) is 0 Å². The Balaban J connectivity index is 1.99. The molecule has 7 heteroatoms. The largest absolute Gasteiger partial charge is 0.298 e. The van der Waals surface area contributed by atoms with E-state index in [4.69, 9.17) is 0 Å². The number of nitrogens with zero attached hydrogens (tertiary/aromatic N) is 1. The SMILES string of the molecule is CCS(=O)(=O)c1ccccc1C(=O)Nc1nc2c(C)ccc(C)c2s1. The van der Waals surface area contributed by atoms with Crippen molar-refractivity contribution in [2.45, 2.75) is 25.7 Å². The number of carbonyl (C=O) groups is 1. The quantitative estimate of drug-likeness (QED) is 0.750. The van der Waals surface area contributed by atoms with E-state index < -0.39 is 15.7 Å². The zero-order chi connectivity index (χ0) is 18.2. The minimum Gasteiger partial charge on any atom is -0.298 e. The Morgan fingerprint density at radius 1 is 1.12 bits per heavy atom. The number of aryl methyl sites for hydroxylation is 2. The van der Waals surface area contributed by atoms with Gasteiger partial charge in [-0.1, -0.05) is 42.5 Å². The third kappa shape index (κ3) is 3.29. The molecule has 0 spiro atoms. The summed E-state index contributed by atoms with van der Waals surface area (Å²) in [6.45, 7) is 5.52. The fourth-order valence-corrected chi connectivity index (χ4v) is 4.66. The topological polar surface area (TPSA) is 76.1 Å². The molecule has 1 N–H and O–H groups in total. The van der Waals surface area contributed by atoms with Crippen LogP contribution in [0.3, 0.4) is 0 Å². The summed E-state index contributed by atoms with van der Waals surface area (Å²) in [4.78, 5) is 17.2. The highest BCUT2D eigenvalue weighted by Gasteiger charge is 2.21. The highest BCUT2D eigenvalue weighted by atomic mass is 32.2. The van der Waals surface area contributed by atoms with Gasteiger partial charge in [-0.3, -0.25) is 10.1 Å². The van der Waals surface area contributed by atoms with Crippen LogP contribution in [-0.2, 0) is 9.84 Å². The zero-order valence-electron chi connectivity index (χ0n) is 14.2. The molecule has 1 heterocycles. The van der Waals surface area contributed by atoms with Crippen molar-refractivity contribution in [2.75, 3.05) is 11.1 Å². The van der Waals surface area contributed by atoms with Crippen LogP contribution in [0.5, 0.6) is 0 Å². The van der Waals surface area contributed by atoms with E-state index in [1.165, 1.54) is 23.5 Å². The van der Waals surface area contributed by atoms with Crippen LogP contribution in [0, 0.1) is 13.8 Å². The molecule has 1 aromatic heterocycles. The Labute approximate surface area is 150 Å². The van der Waals surface area contributed by atoms with Crippen LogP contribution in [0.25, 0.3) is 10.2 Å². The number of amides is 1. The summed E-state index contributed by atoms with van der Waals surface area (Å²) < 4.78 is 25.4. The van der Waals surface area contributed by atoms with E-state index >= 15 is 0 Å². The van der Waals surface area contributed by atoms with Gasteiger partial charge in [0.05, 0.1) is 26.4 Å². The molecule has 0 saturated heterocycles. The van der Waals surface area contributed by atoms with Crippen molar-refractivity contribution in [1.82, 2.24) is 4.98 Å². The van der Waals surface area contributed by atoms with Gasteiger partial charge in [0.15, 0.2) is 15.0 Å². The van der Waals surface area contributed by atoms with Gasteiger partial charge in [0.1, 0.15) is 0 Å². The van der Waals surface area contributed by atoms with Gasteiger partial charge in [-0.05, 0) is 37.1 Å². The average molecular weight is 374 g/mol. The Hall–Kier alpha value is -2.25. The summed E-state index contributed by atoms with van der Waals surface area (Å²) >= 11 is 1.39. The van der Waals surface area contributed by atoms with Gasteiger partial charge in [0, 0.05) is 0 Å². The van der Waals surface area contributed by atoms with Gasteiger partial charge in [-0.2, -0.15) is 0 Å². The molecule has 3 aromatic rings. The number of sulfone groups is 1. The van der Waals surface area contributed by atoms with Crippen molar-refractivity contribution >= 4 is 42.4 Å². The minimum atomic E-state index is -3.48. The van der Waals surface area contributed by atoms with Crippen molar-refractivity contribution in [2.24, 2.45) is 0 Å². The van der Waals surface area contributed by atoms with Crippen LogP contribution in [0.15, 0.2) is 41.3 Å². The van der Waals surface area contributed by atoms with Gasteiger partial charge >= 0.3 is 0 Å². The normalized spacial score (nSPS) is 11.6. The second kappa shape index (κ2) is 6.57. The predicted octanol–water partition coefficient (Wildman–Crippen LogP) is 3.96. The number of hydrogen-bond donors (Lipinski definition) is 1. The smallest absolute Gasteiger partial charge is 0.258 e. The second-order valence-corrected chi connectivity index (χ2v) is 9.00. The van der Waals surface area contributed by atoms with Gasteiger partial charge in [-0.15, -0.1) is 0 Å². The highest BCUT2D eigenvalue weighted by Crippen LogP contribution is 2.31. The van der Waals surface area contributed by atoms with Crippen molar-refractivity contribution in [3.8, 4) is 0 Å². The van der Waals surface area contributed by atoms with Crippen LogP contribution >= 0.6 is 11.3 Å². The molecule has 0 bridgehead atoms. The molecule has 2 aromatic carbocycles. The van der Waals surface area contributed by atoms with Gasteiger partial charge in [-0.25, -0.2) is 13.4 Å². The highest BCUT2D eigenvalue weighted by molar-refractivity contribution is 7.91. The molecule has 0 saturated carbocycles. The van der Waals surface area contributed by atoms with Crippen molar-refractivity contribution in [3.63, 3.8) is 0 Å². The summed E-state index contributed by atoms with van der Waals surface area (Å²) in [5, 5.41) is 3.20. The number of anilines is 1. The molecule has 0 aliphatic carbocycles. The van der Waals surface area contributed by atoms with E-state index in [-0.39, 0.29) is 16.2 Å². The lowest BCUT2D eigenvalue weighted by molar-refractivity contribution is 0.102. The van der Waals surface area contributed by atoms with Gasteiger partial charge in [0.25, 0.3) is 5.91 Å². The molecule has 3 rings (SSSR count). The van der Waals surface area contributed by atoms with E-state index in [1.807, 2.05) is 26.0 Å². The lowest BCUT2D eigenvalue weighted by Crippen LogP contribution is -2.17. The second-order valence-electron chi connectivity index (χ2n) is 5.75. The molecule has 0 radical (unpaired) electrons. The van der Waals surface area contributed by atoms with E-state index in [9.17, 15) is 13.2 Å². The molecule has 5 nitrogen and oxygen atoms in total. The maximum Gasteiger partial charge on any atom is 0.258 e. The van der Waals surface area contributed by atoms with Crippen molar-refractivity contribution in [3.05, 3.63) is 53.1 Å². The fraction of sp³-hybridized carbons (Fsp3) is 0.222. The average Bonchev–Trinajstić information content (AvgIpc) is 3.03. The number of nitrogens with one attached hydrogen (secondary N) is 1. The molecule has 130 valence electrons. The lowest BCUT2D eigenvalue weighted by Gasteiger charge is -2.08. The standard InChI is InChI=1S/C18H18N2O3S2/c1-4-25(22,23)14-8-6-5-7-13(14)17(21)20-18-19-15-11(2)9-10-12(3)16(15)24-18/h5-10H,4H2,1-3H3,(H,19,20,21). The summed E-state index contributed by atoms with van der Waals surface area (Å²) in [5.74, 6) is -0.529. The predicted molar refractivity (Wildman–Crippen MR) is 101 cm³/mol. The summed E-state index contributed by atoms with van der Waals surface area (Å²) in [5.41, 5.74) is 3.12. The molecular weight excluding hydrogens is 356 g/mol. The van der Waals surface area contributed by atoms with Crippen LogP contribution in [-0.4, -0.2) is 25.1 Å². The van der Waals surface area contributed by atoms with E-state index in [1.54, 1.807) is 19.1 Å². The molecule has 0 fully saturated rings. The summed E-state index contributed by atoms with van der Waals surface area (Å²) in [6, 6.07) is 10.2. The molecule has 25 heavy (non-hydrogen) atoms. The number of fused-ring (bicyclic) bond motifs is 1. The number of hydrogen-bond acceptors (Lipinski definition) is 5. The number of aromatic nitrogens is 1. The van der Waals surface area contributed by atoms with Gasteiger partial charge < -0.3 is 0 Å². The maximum absolute atomic E-state index is 12.6. The molecule has 0 unspecified atom stereocenters. The first-order chi connectivity index (χ1) is 11.8. The maximum atomic E-state index is 12.6. The number of carbonyl (C=O) groups excluding carboxylic acids is 1. The lowest BCUT2D eigenvalue weighted by atomic mass is 10.1. The Morgan fingerprint density at radius 2 is 1.80 bits per heavy atom. The molecule has 0 aliphatic heterocycles. The molecule has 0 aliphatic rings. The summed E-state index contributed by atoms with van der Waals surface area (Å²) in [6.07, 6.45) is 0. The van der Waals surface area contributed by atoms with Crippen LogP contribution in [0.1, 0.15) is 28.4 Å². The minimum absolute atomic E-state index is 0.0449. The Bertz CT molecular complexity index is 1030. The third-order valence-corrected chi connectivity index (χ3v) is 6.90. The molecule has 1 amide bonds. The Morgan fingerprint density at radius 3 is 2.48 bits per heavy atom. The monoisotopic (exact) mass is 374 g/mol. The number of thiazole rings is 1. The molecule has 0 atom stereocenters. The third-order valence-electron chi connectivity index (χ3n) is 4.01. The van der Waals surface area contributed by atoms with Crippen molar-refractivity contribution < 1.29 is 13.2 Å². The van der Waals surface area contributed by atoms with Crippen LogP contribution in [0.4, 0.5) is 5.13 Å². The van der Waals surface area contributed by atoms with Crippen LogP contribution in [0.2, 0.25) is 0 Å². The number of benzene rings is 2. The molecular formula is C18H18N2O3S2. The number of rotatable bonds is 4. The van der Waals surface area contributed by atoms with E-state index in [0.29, 0.717) is 5.13 Å².